The highest BCUT2D eigenvalue weighted by Gasteiger charge is 2.08. The van der Waals surface area contributed by atoms with Crippen LogP contribution in [0.2, 0.25) is 0 Å². The van der Waals surface area contributed by atoms with Crippen LogP contribution in [0.15, 0.2) is 0 Å². The number of rotatable bonds is 5. The minimum absolute atomic E-state index is 0.101. The van der Waals surface area contributed by atoms with Gasteiger partial charge in [0.25, 0.3) is 0 Å². The van der Waals surface area contributed by atoms with Crippen molar-refractivity contribution in [3.8, 4) is 0 Å². The summed E-state index contributed by atoms with van der Waals surface area (Å²) in [6.45, 7) is 6.56. The van der Waals surface area contributed by atoms with Gasteiger partial charge in [0.1, 0.15) is 0 Å². The van der Waals surface area contributed by atoms with E-state index in [0.717, 1.165) is 19.3 Å². The van der Waals surface area contributed by atoms with Gasteiger partial charge in [-0.3, -0.25) is 4.79 Å². The molecule has 0 aliphatic heterocycles. The molecule has 0 fully saturated rings. The average molecular weight is 174 g/mol. The Morgan fingerprint density at radius 2 is 1.75 bits per heavy atom. The highest BCUT2D eigenvalue weighted by molar-refractivity contribution is 5.67. The van der Waals surface area contributed by atoms with Gasteiger partial charge in [-0.25, -0.2) is 0 Å². The molecule has 0 rings (SSSR count). The first-order valence-electron chi connectivity index (χ1n) is 4.60. The molecule has 0 saturated heterocycles. The minimum atomic E-state index is -1.18. The molecule has 0 spiro atoms. The maximum Gasteiger partial charge on any atom is 0.301 e. The van der Waals surface area contributed by atoms with Crippen molar-refractivity contribution in [2.24, 2.45) is 5.41 Å². The summed E-state index contributed by atoms with van der Waals surface area (Å²) in [6, 6.07) is -1.18. The van der Waals surface area contributed by atoms with Crippen molar-refractivity contribution in [3.63, 3.8) is 0 Å². The summed E-state index contributed by atoms with van der Waals surface area (Å²) < 4.78 is 11.7. The Morgan fingerprint density at radius 1 is 1.17 bits per heavy atom. The first-order valence-corrected chi connectivity index (χ1v) is 4.60. The first-order chi connectivity index (χ1) is 5.42. The summed E-state index contributed by atoms with van der Waals surface area (Å²) in [5.74, 6) is 0. The Kier molecular flexibility index (Phi) is 5.11. The Balaban J connectivity index is 3.17. The van der Waals surface area contributed by atoms with Crippen LogP contribution in [0.3, 0.4) is 0 Å². The molecule has 2 heteroatoms. The molecule has 0 atom stereocenters. The van der Waals surface area contributed by atoms with Crippen molar-refractivity contribution < 1.29 is 9.18 Å². The van der Waals surface area contributed by atoms with Crippen LogP contribution in [0.25, 0.3) is 0 Å². The van der Waals surface area contributed by atoms with Crippen LogP contribution in [-0.2, 0) is 4.79 Å². The van der Waals surface area contributed by atoms with E-state index in [2.05, 4.69) is 20.8 Å². The molecule has 0 unspecified atom stereocenters. The zero-order valence-electron chi connectivity index (χ0n) is 8.32. The second-order valence-corrected chi connectivity index (χ2v) is 4.48. The molecule has 0 aromatic rings. The summed E-state index contributed by atoms with van der Waals surface area (Å²) in [4.78, 5) is 9.94. The van der Waals surface area contributed by atoms with Crippen molar-refractivity contribution in [2.45, 2.75) is 52.9 Å². The molecule has 72 valence electrons. The van der Waals surface area contributed by atoms with Crippen molar-refractivity contribution in [3.05, 3.63) is 0 Å². The van der Waals surface area contributed by atoms with Crippen molar-refractivity contribution in [2.75, 3.05) is 0 Å². The molecule has 0 radical (unpaired) electrons. The van der Waals surface area contributed by atoms with Gasteiger partial charge in [-0.2, -0.15) is 4.39 Å². The lowest BCUT2D eigenvalue weighted by atomic mass is 9.89. The zero-order valence-corrected chi connectivity index (χ0v) is 8.32. The number of hydrogen-bond acceptors (Lipinski definition) is 1. The maximum absolute atomic E-state index is 11.7. The van der Waals surface area contributed by atoms with Gasteiger partial charge in [0.2, 0.25) is 0 Å². The van der Waals surface area contributed by atoms with E-state index in [-0.39, 0.29) is 6.42 Å². The van der Waals surface area contributed by atoms with Crippen LogP contribution in [-0.4, -0.2) is 6.04 Å². The molecular formula is C10H19FO. The fraction of sp³-hybridized carbons (Fsp3) is 0.900. The van der Waals surface area contributed by atoms with E-state index in [4.69, 9.17) is 0 Å². The third-order valence-electron chi connectivity index (χ3n) is 1.80. The Bertz CT molecular complexity index is 135. The summed E-state index contributed by atoms with van der Waals surface area (Å²) in [5.41, 5.74) is 0.361. The topological polar surface area (TPSA) is 17.1 Å². The van der Waals surface area contributed by atoms with E-state index in [9.17, 15) is 9.18 Å². The van der Waals surface area contributed by atoms with Crippen LogP contribution < -0.4 is 0 Å². The fourth-order valence-electron chi connectivity index (χ4n) is 1.10. The van der Waals surface area contributed by atoms with Gasteiger partial charge < -0.3 is 0 Å². The highest BCUT2D eigenvalue weighted by atomic mass is 19.1. The monoisotopic (exact) mass is 174 g/mol. The number of unbranched alkanes of at least 4 members (excludes halogenated alkanes) is 2. The number of carbonyl (C=O) groups is 1. The van der Waals surface area contributed by atoms with E-state index in [0.29, 0.717) is 11.8 Å². The average Bonchev–Trinajstić information content (AvgIpc) is 1.83. The summed E-state index contributed by atoms with van der Waals surface area (Å²) in [5, 5.41) is 0. The molecule has 1 nitrogen and oxygen atoms in total. The largest absolute Gasteiger partial charge is 0.301 e. The Labute approximate surface area is 74.4 Å². The standard InChI is InChI=1S/C10H19FO/c1-10(2,3)8-6-4-5-7-9(11)12/h4-8H2,1-3H3. The molecule has 0 bridgehead atoms. The summed E-state index contributed by atoms with van der Waals surface area (Å²) in [7, 11) is 0. The quantitative estimate of drug-likeness (QED) is 0.460. The van der Waals surface area contributed by atoms with E-state index >= 15 is 0 Å². The Hall–Kier alpha value is -0.400. The van der Waals surface area contributed by atoms with Gasteiger partial charge in [-0.1, -0.05) is 33.6 Å². The SMILES string of the molecule is CC(C)(C)CCCCCC(=O)F. The zero-order chi connectivity index (χ0) is 9.61. The van der Waals surface area contributed by atoms with Gasteiger partial charge in [0.15, 0.2) is 0 Å². The molecule has 0 aromatic carbocycles. The third-order valence-corrected chi connectivity index (χ3v) is 1.80. The van der Waals surface area contributed by atoms with Gasteiger partial charge in [-0.05, 0) is 18.3 Å². The molecule has 0 aliphatic rings. The molecule has 12 heavy (non-hydrogen) atoms. The molecule has 0 N–H and O–H groups in total. The predicted octanol–water partition coefficient (Wildman–Crippen LogP) is 3.48. The second-order valence-electron chi connectivity index (χ2n) is 4.48. The molecule has 0 aromatic heterocycles. The molecule has 0 saturated carbocycles. The molecular weight excluding hydrogens is 155 g/mol. The van der Waals surface area contributed by atoms with Crippen LogP contribution in [0, 0.1) is 5.41 Å². The van der Waals surface area contributed by atoms with Crippen molar-refractivity contribution in [1.82, 2.24) is 0 Å². The molecule has 0 heterocycles. The maximum atomic E-state index is 11.7. The lowest BCUT2D eigenvalue weighted by Crippen LogP contribution is -2.04. The van der Waals surface area contributed by atoms with Crippen LogP contribution in [0.1, 0.15) is 52.9 Å². The molecule has 0 aliphatic carbocycles. The van der Waals surface area contributed by atoms with Crippen molar-refractivity contribution >= 4 is 6.04 Å². The van der Waals surface area contributed by atoms with Gasteiger partial charge >= 0.3 is 6.04 Å². The van der Waals surface area contributed by atoms with Crippen LogP contribution in [0.5, 0.6) is 0 Å². The Morgan fingerprint density at radius 3 is 2.17 bits per heavy atom. The summed E-state index contributed by atoms with van der Waals surface area (Å²) >= 11 is 0. The highest BCUT2D eigenvalue weighted by Crippen LogP contribution is 2.22. The number of hydrogen-bond donors (Lipinski definition) is 0. The lowest BCUT2D eigenvalue weighted by Gasteiger charge is -2.17. The second kappa shape index (κ2) is 5.28. The first kappa shape index (κ1) is 11.6. The van der Waals surface area contributed by atoms with Gasteiger partial charge in [-0.15, -0.1) is 0 Å². The van der Waals surface area contributed by atoms with E-state index in [1.165, 1.54) is 0 Å². The van der Waals surface area contributed by atoms with Crippen molar-refractivity contribution in [1.29, 1.82) is 0 Å². The lowest BCUT2D eigenvalue weighted by molar-refractivity contribution is -0.129. The minimum Gasteiger partial charge on any atom is -0.261 e. The number of halogens is 1. The van der Waals surface area contributed by atoms with Crippen LogP contribution >= 0.6 is 0 Å². The fourth-order valence-corrected chi connectivity index (χ4v) is 1.10. The van der Waals surface area contributed by atoms with E-state index in [1.807, 2.05) is 0 Å². The van der Waals surface area contributed by atoms with Crippen LogP contribution in [0.4, 0.5) is 4.39 Å². The molecule has 0 amide bonds. The van der Waals surface area contributed by atoms with E-state index in [1.54, 1.807) is 0 Å². The van der Waals surface area contributed by atoms with E-state index < -0.39 is 6.04 Å². The van der Waals surface area contributed by atoms with Gasteiger partial charge in [0, 0.05) is 6.42 Å². The number of carbonyl (C=O) groups excluding carboxylic acids is 1. The van der Waals surface area contributed by atoms with Gasteiger partial charge in [0.05, 0.1) is 0 Å². The summed E-state index contributed by atoms with van der Waals surface area (Å²) in [6.07, 6.45) is 4.01. The normalized spacial score (nSPS) is 11.7. The third kappa shape index (κ3) is 9.60. The predicted molar refractivity (Wildman–Crippen MR) is 48.7 cm³/mol. The smallest absolute Gasteiger partial charge is 0.261 e.